The molecule has 0 aliphatic carbocycles. The number of hydrogen-bond donors (Lipinski definition) is 2. The van der Waals surface area contributed by atoms with Gasteiger partial charge in [-0.15, -0.1) is 0 Å². The van der Waals surface area contributed by atoms with E-state index in [1.165, 1.54) is 0 Å². The Morgan fingerprint density at radius 2 is 1.74 bits per heavy atom. The van der Waals surface area contributed by atoms with Crippen LogP contribution in [0.1, 0.15) is 30.5 Å². The van der Waals surface area contributed by atoms with Gasteiger partial charge in [-0.1, -0.05) is 23.7 Å². The maximum atomic E-state index is 12.4. The second-order valence-electron chi connectivity index (χ2n) is 8.29. The summed E-state index contributed by atoms with van der Waals surface area (Å²) >= 11 is 6.02. The molecule has 160 valence electrons. The standard InChI is InChI=1S/C23H24ClN5O2/c1-13-11-17-18(12-14(13)2)29(20-19(26-17)21(30)28-22(31)27-20)10-9-25-23(3,4)15-5-7-16(24)8-6-15/h5-8,11-12,25H,9-10H2,1-4H3,(H,28,30,31). The van der Waals surface area contributed by atoms with Gasteiger partial charge in [0, 0.05) is 23.7 Å². The Morgan fingerprint density at radius 3 is 2.45 bits per heavy atom. The van der Waals surface area contributed by atoms with E-state index >= 15 is 0 Å². The largest absolute Gasteiger partial charge is 0.349 e. The Morgan fingerprint density at radius 1 is 1.06 bits per heavy atom. The zero-order chi connectivity index (χ0) is 22.3. The van der Waals surface area contributed by atoms with Crippen molar-refractivity contribution in [3.63, 3.8) is 0 Å². The van der Waals surface area contributed by atoms with Crippen LogP contribution in [-0.2, 0) is 12.1 Å². The van der Waals surface area contributed by atoms with Crippen LogP contribution in [-0.4, -0.2) is 26.1 Å². The van der Waals surface area contributed by atoms with Crippen molar-refractivity contribution in [3.05, 3.63) is 78.9 Å². The van der Waals surface area contributed by atoms with Gasteiger partial charge in [0.2, 0.25) is 0 Å². The third kappa shape index (κ3) is 4.11. The number of fused-ring (bicyclic) bond motifs is 2. The van der Waals surface area contributed by atoms with Crippen LogP contribution >= 0.6 is 11.6 Å². The molecule has 0 bridgehead atoms. The maximum Gasteiger partial charge on any atom is 0.349 e. The fourth-order valence-electron chi connectivity index (χ4n) is 3.73. The number of aromatic amines is 1. The predicted molar refractivity (Wildman–Crippen MR) is 123 cm³/mol. The lowest BCUT2D eigenvalue weighted by molar-refractivity contribution is 0.393. The van der Waals surface area contributed by atoms with Crippen LogP contribution in [0.15, 0.2) is 46.0 Å². The Bertz CT molecular complexity index is 1360. The molecule has 2 aromatic carbocycles. The summed E-state index contributed by atoms with van der Waals surface area (Å²) in [6.45, 7) is 9.31. The average Bonchev–Trinajstić information content (AvgIpc) is 2.70. The van der Waals surface area contributed by atoms with Crippen LogP contribution in [0.25, 0.3) is 22.6 Å². The van der Waals surface area contributed by atoms with Gasteiger partial charge in [-0.2, -0.15) is 4.98 Å². The first-order valence-electron chi connectivity index (χ1n) is 10.1. The molecule has 2 heterocycles. The van der Waals surface area contributed by atoms with E-state index in [4.69, 9.17) is 11.6 Å². The fraction of sp³-hybridized carbons (Fsp3) is 0.304. The molecule has 0 fully saturated rings. The van der Waals surface area contributed by atoms with Gasteiger partial charge in [-0.25, -0.2) is 9.78 Å². The zero-order valence-electron chi connectivity index (χ0n) is 17.9. The molecule has 2 aliphatic rings. The number of aromatic nitrogens is 4. The van der Waals surface area contributed by atoms with Gasteiger partial charge in [-0.05, 0) is 68.7 Å². The molecule has 0 saturated heterocycles. The molecular formula is C23H24ClN5O2. The molecule has 0 spiro atoms. The van der Waals surface area contributed by atoms with E-state index in [2.05, 4.69) is 34.1 Å². The summed E-state index contributed by atoms with van der Waals surface area (Å²) in [6.07, 6.45) is 0. The van der Waals surface area contributed by atoms with Crippen molar-refractivity contribution in [1.82, 2.24) is 24.8 Å². The quantitative estimate of drug-likeness (QED) is 0.467. The van der Waals surface area contributed by atoms with E-state index < -0.39 is 11.2 Å². The van der Waals surface area contributed by atoms with E-state index in [1.54, 1.807) is 0 Å². The summed E-state index contributed by atoms with van der Waals surface area (Å²) in [5.41, 5.74) is 3.47. The predicted octanol–water partition coefficient (Wildman–Crippen LogP) is 3.38. The Hall–Kier alpha value is -3.03. The molecule has 8 heteroatoms. The maximum absolute atomic E-state index is 12.4. The van der Waals surface area contributed by atoms with Crippen LogP contribution in [0.2, 0.25) is 5.02 Å². The van der Waals surface area contributed by atoms with Crippen molar-refractivity contribution in [1.29, 1.82) is 0 Å². The Kier molecular flexibility index (Phi) is 5.41. The molecule has 7 nitrogen and oxygen atoms in total. The Labute approximate surface area is 184 Å². The van der Waals surface area contributed by atoms with Crippen LogP contribution in [0.4, 0.5) is 0 Å². The second kappa shape index (κ2) is 7.90. The molecule has 0 amide bonds. The number of halogens is 1. The number of benzene rings is 2. The highest BCUT2D eigenvalue weighted by molar-refractivity contribution is 6.30. The minimum absolute atomic E-state index is 0.160. The SMILES string of the molecule is Cc1cc2nc3c(=O)[nH]c(=O)nc-3n(CCNC(C)(C)c3ccc(Cl)cc3)c2cc1C. The molecule has 0 radical (unpaired) electrons. The van der Waals surface area contributed by atoms with Crippen molar-refractivity contribution >= 4 is 22.6 Å². The van der Waals surface area contributed by atoms with Crippen LogP contribution < -0.4 is 16.6 Å². The zero-order valence-corrected chi connectivity index (χ0v) is 18.7. The summed E-state index contributed by atoms with van der Waals surface area (Å²) in [7, 11) is 0. The van der Waals surface area contributed by atoms with E-state index in [9.17, 15) is 9.59 Å². The van der Waals surface area contributed by atoms with Crippen LogP contribution in [0, 0.1) is 13.8 Å². The van der Waals surface area contributed by atoms with Crippen molar-refractivity contribution in [3.8, 4) is 11.5 Å². The number of hydrogen-bond acceptors (Lipinski definition) is 5. The number of rotatable bonds is 5. The van der Waals surface area contributed by atoms with E-state index in [0.29, 0.717) is 23.6 Å². The number of aryl methyl sites for hydroxylation is 2. The Balaban J connectivity index is 1.74. The number of nitrogens with zero attached hydrogens (tertiary/aromatic N) is 3. The van der Waals surface area contributed by atoms with E-state index in [0.717, 1.165) is 22.2 Å². The van der Waals surface area contributed by atoms with Gasteiger partial charge < -0.3 is 9.88 Å². The molecule has 0 unspecified atom stereocenters. The van der Waals surface area contributed by atoms with Crippen LogP contribution in [0.5, 0.6) is 0 Å². The van der Waals surface area contributed by atoms with E-state index in [1.807, 2.05) is 54.8 Å². The fourth-order valence-corrected chi connectivity index (χ4v) is 3.85. The summed E-state index contributed by atoms with van der Waals surface area (Å²) in [4.78, 5) is 35.1. The molecule has 0 saturated carbocycles. The summed E-state index contributed by atoms with van der Waals surface area (Å²) < 4.78 is 1.89. The van der Waals surface area contributed by atoms with Crippen molar-refractivity contribution in [2.75, 3.05) is 6.54 Å². The minimum Gasteiger partial charge on any atom is -0.321 e. The van der Waals surface area contributed by atoms with Gasteiger partial charge in [-0.3, -0.25) is 9.78 Å². The molecule has 0 atom stereocenters. The third-order valence-electron chi connectivity index (χ3n) is 5.69. The monoisotopic (exact) mass is 437 g/mol. The van der Waals surface area contributed by atoms with Crippen LogP contribution in [0.3, 0.4) is 0 Å². The first kappa shape index (κ1) is 21.2. The van der Waals surface area contributed by atoms with Crippen molar-refractivity contribution in [2.45, 2.75) is 39.8 Å². The summed E-state index contributed by atoms with van der Waals surface area (Å²) in [5, 5.41) is 4.25. The minimum atomic E-state index is -0.675. The van der Waals surface area contributed by atoms with Crippen molar-refractivity contribution in [2.24, 2.45) is 0 Å². The number of H-pyrrole nitrogens is 1. The van der Waals surface area contributed by atoms with Gasteiger partial charge in [0.25, 0.3) is 5.56 Å². The van der Waals surface area contributed by atoms with Gasteiger partial charge in [0.05, 0.1) is 11.0 Å². The first-order valence-corrected chi connectivity index (χ1v) is 10.5. The van der Waals surface area contributed by atoms with Gasteiger partial charge >= 0.3 is 5.69 Å². The summed E-state index contributed by atoms with van der Waals surface area (Å²) in [5.74, 6) is 0.288. The van der Waals surface area contributed by atoms with Crippen molar-refractivity contribution < 1.29 is 0 Å². The van der Waals surface area contributed by atoms with Gasteiger partial charge in [0.1, 0.15) is 0 Å². The number of nitrogens with one attached hydrogen (secondary N) is 2. The molecule has 0 aromatic heterocycles. The highest BCUT2D eigenvalue weighted by Gasteiger charge is 2.22. The smallest absolute Gasteiger partial charge is 0.321 e. The lowest BCUT2D eigenvalue weighted by Gasteiger charge is -2.28. The highest BCUT2D eigenvalue weighted by atomic mass is 35.5. The van der Waals surface area contributed by atoms with Gasteiger partial charge in [0.15, 0.2) is 11.5 Å². The lowest BCUT2D eigenvalue weighted by atomic mass is 9.94. The molecule has 2 N–H and O–H groups in total. The topological polar surface area (TPSA) is 92.7 Å². The molecule has 2 aromatic rings. The molecule has 2 aliphatic heterocycles. The molecular weight excluding hydrogens is 414 g/mol. The molecule has 4 rings (SSSR count). The average molecular weight is 438 g/mol. The second-order valence-corrected chi connectivity index (χ2v) is 8.73. The third-order valence-corrected chi connectivity index (χ3v) is 5.94. The molecule has 31 heavy (non-hydrogen) atoms. The van der Waals surface area contributed by atoms with E-state index in [-0.39, 0.29) is 17.1 Å². The normalized spacial score (nSPS) is 12.0. The highest BCUT2D eigenvalue weighted by Crippen LogP contribution is 2.25. The summed E-state index contributed by atoms with van der Waals surface area (Å²) in [6, 6.07) is 11.7. The first-order chi connectivity index (χ1) is 14.7. The lowest BCUT2D eigenvalue weighted by Crippen LogP contribution is -2.39.